The molecule has 2 amide bonds. The van der Waals surface area contributed by atoms with Crippen molar-refractivity contribution in [3.63, 3.8) is 0 Å². The van der Waals surface area contributed by atoms with E-state index in [2.05, 4.69) is 10.6 Å². The summed E-state index contributed by atoms with van der Waals surface area (Å²) in [6.07, 6.45) is -2.09. The van der Waals surface area contributed by atoms with E-state index in [1.807, 2.05) is 16.7 Å². The van der Waals surface area contributed by atoms with Crippen molar-refractivity contribution in [2.45, 2.75) is 32.4 Å². The Morgan fingerprint density at radius 3 is 2.62 bits per heavy atom. The molecule has 0 aromatic heterocycles. The molecule has 2 saturated heterocycles. The number of carbonyl (C=O) groups excluding carboxylic acids is 2. The molecule has 2 heterocycles. The number of rotatable bonds is 7. The third kappa shape index (κ3) is 6.59. The molecular weight excluding hydrogens is 425 g/mol. The number of morpholine rings is 1. The lowest BCUT2D eigenvalue weighted by Crippen LogP contribution is -2.45. The maximum Gasteiger partial charge on any atom is 0.416 e. The van der Waals surface area contributed by atoms with E-state index in [0.29, 0.717) is 51.6 Å². The van der Waals surface area contributed by atoms with E-state index in [0.717, 1.165) is 31.4 Å². The van der Waals surface area contributed by atoms with E-state index in [9.17, 15) is 22.8 Å². The number of ether oxygens (including phenoxy) is 1. The topological polar surface area (TPSA) is 73.9 Å². The van der Waals surface area contributed by atoms with Crippen LogP contribution in [0.4, 0.5) is 24.5 Å². The van der Waals surface area contributed by atoms with Crippen LogP contribution in [0, 0.1) is 5.92 Å². The highest BCUT2D eigenvalue weighted by Gasteiger charge is 2.32. The Hall–Kier alpha value is -2.33. The number of benzene rings is 1. The number of anilines is 2. The van der Waals surface area contributed by atoms with Gasteiger partial charge in [0.05, 0.1) is 42.6 Å². The zero-order chi connectivity index (χ0) is 23.1. The van der Waals surface area contributed by atoms with Crippen LogP contribution in [-0.2, 0) is 20.5 Å². The van der Waals surface area contributed by atoms with Gasteiger partial charge in [0.25, 0.3) is 0 Å². The highest BCUT2D eigenvalue weighted by atomic mass is 19.4. The third-order valence-corrected chi connectivity index (χ3v) is 5.74. The molecule has 0 aliphatic carbocycles. The van der Waals surface area contributed by atoms with E-state index in [1.54, 1.807) is 0 Å². The minimum atomic E-state index is -4.51. The summed E-state index contributed by atoms with van der Waals surface area (Å²) in [5, 5.41) is 5.57. The molecule has 2 fully saturated rings. The molecule has 7 nitrogen and oxygen atoms in total. The van der Waals surface area contributed by atoms with Gasteiger partial charge in [-0.25, -0.2) is 0 Å². The molecule has 0 radical (unpaired) electrons. The van der Waals surface area contributed by atoms with E-state index in [-0.39, 0.29) is 24.1 Å². The SMILES string of the molecule is CCCNC(=O)[C@@H]1CCCN(CC(=O)Nc2cc(C(F)(F)F)ccc2N2CCOCC2)C1. The Morgan fingerprint density at radius 1 is 1.19 bits per heavy atom. The Balaban J connectivity index is 1.68. The normalized spacial score (nSPS) is 20.1. The molecule has 1 aromatic carbocycles. The lowest BCUT2D eigenvalue weighted by atomic mass is 9.97. The van der Waals surface area contributed by atoms with E-state index >= 15 is 0 Å². The van der Waals surface area contributed by atoms with Crippen molar-refractivity contribution in [3.8, 4) is 0 Å². The van der Waals surface area contributed by atoms with Crippen LogP contribution in [0.3, 0.4) is 0 Å². The standard InChI is InChI=1S/C22H31F3N4O3/c1-2-7-26-21(31)16-4-3-8-28(14-16)15-20(30)27-18-13-17(22(23,24)25)5-6-19(18)29-9-11-32-12-10-29/h5-6,13,16H,2-4,7-12,14-15H2,1H3,(H,26,31)(H,27,30)/t16-/m1/s1. The molecule has 0 spiro atoms. The fourth-order valence-electron chi connectivity index (χ4n) is 4.09. The number of nitrogens with zero attached hydrogens (tertiary/aromatic N) is 2. The molecule has 2 aliphatic heterocycles. The molecule has 2 aliphatic rings. The summed E-state index contributed by atoms with van der Waals surface area (Å²) in [7, 11) is 0. The van der Waals surface area contributed by atoms with Crippen molar-refractivity contribution in [1.82, 2.24) is 10.2 Å². The second-order valence-corrected chi connectivity index (χ2v) is 8.24. The number of nitrogens with one attached hydrogen (secondary N) is 2. The van der Waals surface area contributed by atoms with E-state index in [1.165, 1.54) is 6.07 Å². The highest BCUT2D eigenvalue weighted by Crippen LogP contribution is 2.35. The summed E-state index contributed by atoms with van der Waals surface area (Å²) >= 11 is 0. The van der Waals surface area contributed by atoms with Gasteiger partial charge in [0.15, 0.2) is 0 Å². The summed E-state index contributed by atoms with van der Waals surface area (Å²) in [6, 6.07) is 3.42. The highest BCUT2D eigenvalue weighted by molar-refractivity contribution is 5.96. The van der Waals surface area contributed by atoms with Gasteiger partial charge in [0.2, 0.25) is 11.8 Å². The predicted molar refractivity (Wildman–Crippen MR) is 116 cm³/mol. The number of alkyl halides is 3. The van der Waals surface area contributed by atoms with Gasteiger partial charge in [0.1, 0.15) is 0 Å². The van der Waals surface area contributed by atoms with Crippen LogP contribution < -0.4 is 15.5 Å². The first-order chi connectivity index (χ1) is 15.3. The van der Waals surface area contributed by atoms with E-state index in [4.69, 9.17) is 4.74 Å². The Labute approximate surface area is 186 Å². The van der Waals surface area contributed by atoms with Crippen molar-refractivity contribution < 1.29 is 27.5 Å². The quantitative estimate of drug-likeness (QED) is 0.660. The fourth-order valence-corrected chi connectivity index (χ4v) is 4.09. The van der Waals surface area contributed by atoms with Crippen LogP contribution in [0.1, 0.15) is 31.7 Å². The van der Waals surface area contributed by atoms with Crippen molar-refractivity contribution in [3.05, 3.63) is 23.8 Å². The number of hydrogen-bond donors (Lipinski definition) is 2. The molecule has 32 heavy (non-hydrogen) atoms. The molecule has 10 heteroatoms. The van der Waals surface area contributed by atoms with Gasteiger partial charge in [-0.3, -0.25) is 14.5 Å². The van der Waals surface area contributed by atoms with Gasteiger partial charge in [-0.2, -0.15) is 13.2 Å². The van der Waals surface area contributed by atoms with Crippen LogP contribution in [0.25, 0.3) is 0 Å². The number of piperidine rings is 1. The maximum absolute atomic E-state index is 13.3. The molecule has 0 bridgehead atoms. The molecule has 2 N–H and O–H groups in total. The van der Waals surface area contributed by atoms with E-state index < -0.39 is 17.6 Å². The van der Waals surface area contributed by atoms with Crippen LogP contribution in [0.2, 0.25) is 0 Å². The first-order valence-electron chi connectivity index (χ1n) is 11.1. The first kappa shape index (κ1) is 24.3. The van der Waals surface area contributed by atoms with Crippen molar-refractivity contribution >= 4 is 23.2 Å². The fraction of sp³-hybridized carbons (Fsp3) is 0.636. The predicted octanol–water partition coefficient (Wildman–Crippen LogP) is 2.72. The van der Waals surface area contributed by atoms with Crippen molar-refractivity contribution in [1.29, 1.82) is 0 Å². The largest absolute Gasteiger partial charge is 0.416 e. The number of amides is 2. The van der Waals surface area contributed by atoms with Crippen molar-refractivity contribution in [2.75, 3.05) is 62.7 Å². The van der Waals surface area contributed by atoms with Gasteiger partial charge >= 0.3 is 6.18 Å². The summed E-state index contributed by atoms with van der Waals surface area (Å²) in [5.41, 5.74) is -0.124. The lowest BCUT2D eigenvalue weighted by molar-refractivity contribution is -0.137. The average Bonchev–Trinajstić information content (AvgIpc) is 2.77. The number of hydrogen-bond acceptors (Lipinski definition) is 5. The maximum atomic E-state index is 13.3. The Kier molecular flexibility index (Phi) is 8.36. The minimum absolute atomic E-state index is 0.00978. The molecule has 1 atom stereocenters. The monoisotopic (exact) mass is 456 g/mol. The Bertz CT molecular complexity index is 797. The Morgan fingerprint density at radius 2 is 1.94 bits per heavy atom. The molecule has 3 rings (SSSR count). The smallest absolute Gasteiger partial charge is 0.378 e. The van der Waals surface area contributed by atoms with Crippen molar-refractivity contribution in [2.24, 2.45) is 5.92 Å². The third-order valence-electron chi connectivity index (χ3n) is 5.74. The van der Waals surface area contributed by atoms with Crippen LogP contribution in [0.15, 0.2) is 18.2 Å². The second kappa shape index (κ2) is 11.0. The summed E-state index contributed by atoms with van der Waals surface area (Å²) in [6.45, 7) is 5.78. The van der Waals surface area contributed by atoms with Gasteiger partial charge < -0.3 is 20.3 Å². The summed E-state index contributed by atoms with van der Waals surface area (Å²) in [4.78, 5) is 28.8. The average molecular weight is 457 g/mol. The number of halogens is 3. The van der Waals surface area contributed by atoms with Crippen LogP contribution in [-0.4, -0.2) is 69.2 Å². The molecule has 0 saturated carbocycles. The van der Waals surface area contributed by atoms with Gasteiger partial charge in [0, 0.05) is 26.2 Å². The first-order valence-corrected chi connectivity index (χ1v) is 11.1. The van der Waals surface area contributed by atoms with Crippen LogP contribution in [0.5, 0.6) is 0 Å². The van der Waals surface area contributed by atoms with Crippen LogP contribution >= 0.6 is 0 Å². The molecular formula is C22H31F3N4O3. The molecule has 178 valence electrons. The van der Waals surface area contributed by atoms with Gasteiger partial charge in [-0.05, 0) is 44.0 Å². The summed E-state index contributed by atoms with van der Waals surface area (Å²) < 4.78 is 45.1. The minimum Gasteiger partial charge on any atom is -0.378 e. The lowest BCUT2D eigenvalue weighted by Gasteiger charge is -2.32. The van der Waals surface area contributed by atoms with Gasteiger partial charge in [-0.1, -0.05) is 6.92 Å². The zero-order valence-corrected chi connectivity index (χ0v) is 18.3. The molecule has 0 unspecified atom stereocenters. The number of likely N-dealkylation sites (tertiary alicyclic amines) is 1. The number of carbonyl (C=O) groups is 2. The molecule has 1 aromatic rings. The zero-order valence-electron chi connectivity index (χ0n) is 18.3. The second-order valence-electron chi connectivity index (χ2n) is 8.24. The summed E-state index contributed by atoms with van der Waals surface area (Å²) in [5.74, 6) is -0.585. The van der Waals surface area contributed by atoms with Gasteiger partial charge in [-0.15, -0.1) is 0 Å².